The SMILES string of the molecule is Oc1ccccc1C(Cc1ccccc1)(c1ccccc1)c1ccccc1. The summed E-state index contributed by atoms with van der Waals surface area (Å²) in [5.74, 6) is 0.320. The van der Waals surface area contributed by atoms with E-state index in [4.69, 9.17) is 0 Å². The maximum absolute atomic E-state index is 10.8. The van der Waals surface area contributed by atoms with Gasteiger partial charge in [-0.3, -0.25) is 0 Å². The molecule has 4 rings (SSSR count). The molecule has 0 aliphatic heterocycles. The largest absolute Gasteiger partial charge is 0.508 e. The summed E-state index contributed by atoms with van der Waals surface area (Å²) in [5.41, 5.74) is 4.01. The summed E-state index contributed by atoms with van der Waals surface area (Å²) in [5, 5.41) is 10.8. The Kier molecular flexibility index (Phi) is 4.76. The van der Waals surface area contributed by atoms with Crippen LogP contribution in [0.25, 0.3) is 0 Å². The number of phenols is 1. The fourth-order valence-corrected chi connectivity index (χ4v) is 3.96. The Labute approximate surface area is 160 Å². The van der Waals surface area contributed by atoms with Crippen LogP contribution in [-0.4, -0.2) is 5.11 Å². The van der Waals surface area contributed by atoms with Crippen molar-refractivity contribution in [2.24, 2.45) is 0 Å². The quantitative estimate of drug-likeness (QED) is 0.440. The zero-order valence-electron chi connectivity index (χ0n) is 15.1. The van der Waals surface area contributed by atoms with Crippen molar-refractivity contribution >= 4 is 0 Å². The molecule has 0 atom stereocenters. The molecular weight excluding hydrogens is 328 g/mol. The van der Waals surface area contributed by atoms with Crippen molar-refractivity contribution in [3.8, 4) is 5.75 Å². The molecule has 0 aliphatic carbocycles. The van der Waals surface area contributed by atoms with E-state index < -0.39 is 5.41 Å². The Morgan fingerprint density at radius 2 is 0.963 bits per heavy atom. The van der Waals surface area contributed by atoms with Crippen LogP contribution in [0, 0.1) is 0 Å². The minimum Gasteiger partial charge on any atom is -0.508 e. The van der Waals surface area contributed by atoms with Crippen LogP contribution in [0.1, 0.15) is 22.3 Å². The van der Waals surface area contributed by atoms with Gasteiger partial charge in [-0.25, -0.2) is 0 Å². The van der Waals surface area contributed by atoms with Crippen LogP contribution >= 0.6 is 0 Å². The highest BCUT2D eigenvalue weighted by Gasteiger charge is 2.38. The van der Waals surface area contributed by atoms with Crippen molar-refractivity contribution in [3.63, 3.8) is 0 Å². The van der Waals surface area contributed by atoms with Gasteiger partial charge in [0.1, 0.15) is 5.75 Å². The first-order valence-electron chi connectivity index (χ1n) is 9.24. The second-order valence-corrected chi connectivity index (χ2v) is 6.82. The van der Waals surface area contributed by atoms with Crippen molar-refractivity contribution in [3.05, 3.63) is 138 Å². The summed E-state index contributed by atoms with van der Waals surface area (Å²) in [4.78, 5) is 0. The van der Waals surface area contributed by atoms with E-state index in [1.54, 1.807) is 6.07 Å². The lowest BCUT2D eigenvalue weighted by Gasteiger charge is -2.36. The highest BCUT2D eigenvalue weighted by Crippen LogP contribution is 2.45. The summed E-state index contributed by atoms with van der Waals surface area (Å²) in [6, 6.07) is 39.1. The Hall–Kier alpha value is -3.32. The molecule has 0 heterocycles. The topological polar surface area (TPSA) is 20.2 Å². The molecule has 27 heavy (non-hydrogen) atoms. The van der Waals surface area contributed by atoms with Crippen molar-refractivity contribution < 1.29 is 5.11 Å². The van der Waals surface area contributed by atoms with E-state index in [0.717, 1.165) is 12.0 Å². The lowest BCUT2D eigenvalue weighted by molar-refractivity contribution is 0.451. The molecular formula is C26H22O. The second kappa shape index (κ2) is 7.51. The molecule has 0 fully saturated rings. The average Bonchev–Trinajstić information content (AvgIpc) is 2.75. The van der Waals surface area contributed by atoms with E-state index in [0.29, 0.717) is 5.75 Å². The second-order valence-electron chi connectivity index (χ2n) is 6.82. The Balaban J connectivity index is 2.04. The molecule has 4 aromatic rings. The summed E-state index contributed by atoms with van der Waals surface area (Å²) >= 11 is 0. The van der Waals surface area contributed by atoms with Gasteiger partial charge in [-0.2, -0.15) is 0 Å². The molecule has 1 heteroatoms. The standard InChI is InChI=1S/C26H22O/c27-25-19-11-10-18-24(25)26(22-14-6-2-7-15-22,23-16-8-3-9-17-23)20-21-12-4-1-5-13-21/h1-19,27H,20H2. The van der Waals surface area contributed by atoms with E-state index in [2.05, 4.69) is 72.8 Å². The molecule has 1 N–H and O–H groups in total. The lowest BCUT2D eigenvalue weighted by atomic mass is 9.66. The summed E-state index contributed by atoms with van der Waals surface area (Å²) in [6.45, 7) is 0. The molecule has 0 spiro atoms. The van der Waals surface area contributed by atoms with Crippen LogP contribution in [0.3, 0.4) is 0 Å². The maximum atomic E-state index is 10.8. The van der Waals surface area contributed by atoms with Crippen molar-refractivity contribution in [1.82, 2.24) is 0 Å². The van der Waals surface area contributed by atoms with Crippen LogP contribution in [0.4, 0.5) is 0 Å². The molecule has 0 amide bonds. The first-order valence-corrected chi connectivity index (χ1v) is 9.24. The molecule has 132 valence electrons. The Morgan fingerprint density at radius 1 is 0.519 bits per heavy atom. The van der Waals surface area contributed by atoms with Crippen molar-refractivity contribution in [1.29, 1.82) is 0 Å². The first-order chi connectivity index (χ1) is 13.3. The van der Waals surface area contributed by atoms with Crippen LogP contribution < -0.4 is 0 Å². The van der Waals surface area contributed by atoms with Gasteiger partial charge in [-0.05, 0) is 29.2 Å². The maximum Gasteiger partial charge on any atom is 0.120 e. The van der Waals surface area contributed by atoms with Crippen molar-refractivity contribution in [2.45, 2.75) is 11.8 Å². The van der Waals surface area contributed by atoms with E-state index >= 15 is 0 Å². The van der Waals surface area contributed by atoms with E-state index in [-0.39, 0.29) is 0 Å². The van der Waals surface area contributed by atoms with Gasteiger partial charge in [0.05, 0.1) is 5.41 Å². The smallest absolute Gasteiger partial charge is 0.120 e. The van der Waals surface area contributed by atoms with Gasteiger partial charge in [0, 0.05) is 5.56 Å². The number of hydrogen-bond donors (Lipinski definition) is 1. The number of phenolic OH excluding ortho intramolecular Hbond substituents is 1. The molecule has 0 saturated heterocycles. The fourth-order valence-electron chi connectivity index (χ4n) is 3.96. The third-order valence-electron chi connectivity index (χ3n) is 5.21. The van der Waals surface area contributed by atoms with Crippen LogP contribution in [0.5, 0.6) is 5.75 Å². The third-order valence-corrected chi connectivity index (χ3v) is 5.21. The summed E-state index contributed by atoms with van der Waals surface area (Å²) in [6.07, 6.45) is 0.763. The summed E-state index contributed by atoms with van der Waals surface area (Å²) < 4.78 is 0. The molecule has 0 saturated carbocycles. The Bertz CT molecular complexity index is 952. The van der Waals surface area contributed by atoms with Crippen LogP contribution in [0.15, 0.2) is 115 Å². The van der Waals surface area contributed by atoms with E-state index in [9.17, 15) is 5.11 Å². The zero-order chi connectivity index (χ0) is 18.5. The predicted octanol–water partition coefficient (Wildman–Crippen LogP) is 5.97. The minimum atomic E-state index is -0.477. The average molecular weight is 350 g/mol. The van der Waals surface area contributed by atoms with Gasteiger partial charge in [-0.1, -0.05) is 109 Å². The highest BCUT2D eigenvalue weighted by molar-refractivity contribution is 5.56. The van der Waals surface area contributed by atoms with Gasteiger partial charge < -0.3 is 5.11 Å². The van der Waals surface area contributed by atoms with Gasteiger partial charge >= 0.3 is 0 Å². The number of para-hydroxylation sites is 1. The van der Waals surface area contributed by atoms with E-state index in [1.807, 2.05) is 36.4 Å². The number of aromatic hydroxyl groups is 1. The number of benzene rings is 4. The summed E-state index contributed by atoms with van der Waals surface area (Å²) in [7, 11) is 0. The normalized spacial score (nSPS) is 11.3. The lowest BCUT2D eigenvalue weighted by Crippen LogP contribution is -2.32. The van der Waals surface area contributed by atoms with Gasteiger partial charge in [-0.15, -0.1) is 0 Å². The van der Waals surface area contributed by atoms with Crippen molar-refractivity contribution in [2.75, 3.05) is 0 Å². The molecule has 0 bridgehead atoms. The highest BCUT2D eigenvalue weighted by atomic mass is 16.3. The number of hydrogen-bond acceptors (Lipinski definition) is 1. The Morgan fingerprint density at radius 3 is 1.48 bits per heavy atom. The molecule has 0 radical (unpaired) electrons. The third kappa shape index (κ3) is 3.24. The first kappa shape index (κ1) is 17.1. The molecule has 0 aromatic heterocycles. The number of rotatable bonds is 5. The fraction of sp³-hybridized carbons (Fsp3) is 0.0769. The minimum absolute atomic E-state index is 0.320. The van der Waals surface area contributed by atoms with E-state index in [1.165, 1.54) is 16.7 Å². The predicted molar refractivity (Wildman–Crippen MR) is 111 cm³/mol. The molecule has 0 aliphatic rings. The van der Waals surface area contributed by atoms with Crippen LogP contribution in [0.2, 0.25) is 0 Å². The van der Waals surface area contributed by atoms with Gasteiger partial charge in [0.2, 0.25) is 0 Å². The molecule has 4 aromatic carbocycles. The zero-order valence-corrected chi connectivity index (χ0v) is 15.1. The van der Waals surface area contributed by atoms with Crippen LogP contribution in [-0.2, 0) is 11.8 Å². The molecule has 1 nitrogen and oxygen atoms in total. The van der Waals surface area contributed by atoms with Gasteiger partial charge in [0.25, 0.3) is 0 Å². The molecule has 0 unspecified atom stereocenters. The van der Waals surface area contributed by atoms with Gasteiger partial charge in [0.15, 0.2) is 0 Å². The monoisotopic (exact) mass is 350 g/mol.